The minimum Gasteiger partial charge on any atom is -0.340 e. The first kappa shape index (κ1) is 15.5. The van der Waals surface area contributed by atoms with E-state index in [4.69, 9.17) is 0 Å². The van der Waals surface area contributed by atoms with Gasteiger partial charge < -0.3 is 4.90 Å². The molecule has 0 aliphatic carbocycles. The number of amides is 1. The summed E-state index contributed by atoms with van der Waals surface area (Å²) in [6.45, 7) is 11.9. The van der Waals surface area contributed by atoms with Gasteiger partial charge in [-0.15, -0.1) is 0 Å². The molecule has 0 saturated heterocycles. The Morgan fingerprint density at radius 2 is 1.63 bits per heavy atom. The van der Waals surface area contributed by atoms with Crippen LogP contribution in [0, 0.1) is 5.41 Å². The molecular weight excluding hydrogens is 234 g/mol. The number of carbonyl (C=O) groups is 1. The molecule has 0 unspecified atom stereocenters. The molecule has 1 aromatic rings. The van der Waals surface area contributed by atoms with Gasteiger partial charge in [0.25, 0.3) is 0 Å². The Balaban J connectivity index is 3.16. The normalized spacial score (nSPS) is 12.4. The zero-order valence-electron chi connectivity index (χ0n) is 12.7. The molecule has 0 fully saturated rings. The average molecular weight is 259 g/mol. The molecule has 0 saturated carbocycles. The number of hydrogen-bond donors (Lipinski definition) is 0. The first-order valence-electron chi connectivity index (χ1n) is 6.96. The highest BCUT2D eigenvalue weighted by Crippen LogP contribution is 2.33. The van der Waals surface area contributed by atoms with Crippen molar-refractivity contribution in [2.45, 2.75) is 34.6 Å². The maximum absolute atomic E-state index is 12.3. The SMILES string of the molecule is CCN(CC)C(=O)/C=C(\c1ccccc1)C(C)(C)C. The van der Waals surface area contributed by atoms with Crippen molar-refractivity contribution in [1.29, 1.82) is 0 Å². The third-order valence-corrected chi connectivity index (χ3v) is 3.24. The fraction of sp³-hybridized carbons (Fsp3) is 0.471. The lowest BCUT2D eigenvalue weighted by Crippen LogP contribution is -2.29. The summed E-state index contributed by atoms with van der Waals surface area (Å²) in [5.74, 6) is 0.0961. The molecule has 0 bridgehead atoms. The van der Waals surface area contributed by atoms with Gasteiger partial charge in [0.05, 0.1) is 0 Å². The monoisotopic (exact) mass is 259 g/mol. The maximum atomic E-state index is 12.3. The van der Waals surface area contributed by atoms with Crippen LogP contribution >= 0.6 is 0 Å². The lowest BCUT2D eigenvalue weighted by Gasteiger charge is -2.25. The van der Waals surface area contributed by atoms with E-state index in [1.54, 1.807) is 6.08 Å². The first-order chi connectivity index (χ1) is 8.90. The second-order valence-electron chi connectivity index (χ2n) is 5.68. The summed E-state index contributed by atoms with van der Waals surface area (Å²) in [7, 11) is 0. The molecule has 104 valence electrons. The Hall–Kier alpha value is -1.57. The molecule has 1 amide bonds. The van der Waals surface area contributed by atoms with Crippen molar-refractivity contribution in [3.05, 3.63) is 42.0 Å². The number of nitrogens with zero attached hydrogens (tertiary/aromatic N) is 1. The standard InChI is InChI=1S/C17H25NO/c1-6-18(7-2)16(19)13-15(17(3,4)5)14-11-9-8-10-12-14/h8-13H,6-7H2,1-5H3/b15-13+. The number of carbonyl (C=O) groups excluding carboxylic acids is 1. The zero-order valence-corrected chi connectivity index (χ0v) is 12.7. The van der Waals surface area contributed by atoms with Crippen LogP contribution in [0.1, 0.15) is 40.2 Å². The van der Waals surface area contributed by atoms with E-state index in [9.17, 15) is 4.79 Å². The Kier molecular flexibility index (Phi) is 5.34. The Morgan fingerprint density at radius 1 is 1.11 bits per heavy atom. The Labute approximate surface area is 117 Å². The summed E-state index contributed by atoms with van der Waals surface area (Å²) in [6, 6.07) is 10.1. The summed E-state index contributed by atoms with van der Waals surface area (Å²) >= 11 is 0. The summed E-state index contributed by atoms with van der Waals surface area (Å²) in [5, 5.41) is 0. The summed E-state index contributed by atoms with van der Waals surface area (Å²) in [5.41, 5.74) is 2.16. The Bertz CT molecular complexity index is 436. The largest absolute Gasteiger partial charge is 0.340 e. The molecule has 0 aliphatic heterocycles. The molecule has 1 aromatic carbocycles. The molecule has 2 nitrogen and oxygen atoms in total. The van der Waals surface area contributed by atoms with Gasteiger partial charge in [0.15, 0.2) is 0 Å². The summed E-state index contributed by atoms with van der Waals surface area (Å²) < 4.78 is 0. The molecule has 0 N–H and O–H groups in total. The van der Waals surface area contributed by atoms with E-state index >= 15 is 0 Å². The van der Waals surface area contributed by atoms with Crippen molar-refractivity contribution < 1.29 is 4.79 Å². The van der Waals surface area contributed by atoms with Gasteiger partial charge in [-0.1, -0.05) is 51.1 Å². The molecule has 0 aromatic heterocycles. The van der Waals surface area contributed by atoms with Gasteiger partial charge in [-0.2, -0.15) is 0 Å². The highest BCUT2D eigenvalue weighted by atomic mass is 16.2. The second-order valence-corrected chi connectivity index (χ2v) is 5.68. The fourth-order valence-electron chi connectivity index (χ4n) is 2.10. The Morgan fingerprint density at radius 3 is 2.05 bits per heavy atom. The van der Waals surface area contributed by atoms with Crippen molar-refractivity contribution in [2.75, 3.05) is 13.1 Å². The van der Waals surface area contributed by atoms with Crippen molar-refractivity contribution >= 4 is 11.5 Å². The topological polar surface area (TPSA) is 20.3 Å². The molecule has 19 heavy (non-hydrogen) atoms. The van der Waals surface area contributed by atoms with E-state index in [1.807, 2.05) is 36.9 Å². The van der Waals surface area contributed by atoms with Gasteiger partial charge in [0.1, 0.15) is 0 Å². The summed E-state index contributed by atoms with van der Waals surface area (Å²) in [4.78, 5) is 14.1. The third-order valence-electron chi connectivity index (χ3n) is 3.24. The first-order valence-corrected chi connectivity index (χ1v) is 6.96. The van der Waals surface area contributed by atoms with E-state index in [0.29, 0.717) is 0 Å². The number of rotatable bonds is 4. The second kappa shape index (κ2) is 6.55. The molecule has 0 spiro atoms. The number of hydrogen-bond acceptors (Lipinski definition) is 1. The third kappa shape index (κ3) is 4.23. The molecule has 0 aliphatic rings. The molecular formula is C17H25NO. The van der Waals surface area contributed by atoms with Gasteiger partial charge in [-0.05, 0) is 30.4 Å². The molecule has 0 heterocycles. The molecule has 0 atom stereocenters. The highest BCUT2D eigenvalue weighted by molar-refractivity contribution is 5.96. The van der Waals surface area contributed by atoms with E-state index < -0.39 is 0 Å². The van der Waals surface area contributed by atoms with E-state index in [1.165, 1.54) is 0 Å². The van der Waals surface area contributed by atoms with Gasteiger partial charge in [-0.3, -0.25) is 4.79 Å². The minimum absolute atomic E-state index is 0.0514. The van der Waals surface area contributed by atoms with Gasteiger partial charge in [0, 0.05) is 19.2 Å². The molecule has 0 radical (unpaired) electrons. The lowest BCUT2D eigenvalue weighted by molar-refractivity contribution is -0.125. The van der Waals surface area contributed by atoms with E-state index in [0.717, 1.165) is 24.2 Å². The van der Waals surface area contributed by atoms with Crippen LogP contribution in [0.4, 0.5) is 0 Å². The predicted molar refractivity (Wildman–Crippen MR) is 81.8 cm³/mol. The number of benzene rings is 1. The fourth-order valence-corrected chi connectivity index (χ4v) is 2.10. The number of likely N-dealkylation sites (N-methyl/N-ethyl adjacent to an activating group) is 1. The average Bonchev–Trinajstić information content (AvgIpc) is 2.37. The molecule has 1 rings (SSSR count). The highest BCUT2D eigenvalue weighted by Gasteiger charge is 2.20. The number of allylic oxidation sites excluding steroid dienone is 1. The quantitative estimate of drug-likeness (QED) is 0.749. The van der Waals surface area contributed by atoms with Crippen molar-refractivity contribution in [1.82, 2.24) is 4.90 Å². The van der Waals surface area contributed by atoms with E-state index in [-0.39, 0.29) is 11.3 Å². The van der Waals surface area contributed by atoms with Crippen LogP contribution in [0.3, 0.4) is 0 Å². The predicted octanol–water partition coefficient (Wildman–Crippen LogP) is 3.98. The van der Waals surface area contributed by atoms with E-state index in [2.05, 4.69) is 32.9 Å². The molecule has 2 heteroatoms. The van der Waals surface area contributed by atoms with Crippen LogP contribution in [0.25, 0.3) is 5.57 Å². The minimum atomic E-state index is -0.0514. The smallest absolute Gasteiger partial charge is 0.246 e. The van der Waals surface area contributed by atoms with Crippen LogP contribution in [0.2, 0.25) is 0 Å². The van der Waals surface area contributed by atoms with Crippen LogP contribution in [-0.2, 0) is 4.79 Å². The van der Waals surface area contributed by atoms with Crippen molar-refractivity contribution in [3.8, 4) is 0 Å². The van der Waals surface area contributed by atoms with Gasteiger partial charge in [-0.25, -0.2) is 0 Å². The lowest BCUT2D eigenvalue weighted by atomic mass is 9.82. The van der Waals surface area contributed by atoms with Crippen LogP contribution in [-0.4, -0.2) is 23.9 Å². The van der Waals surface area contributed by atoms with Crippen LogP contribution in [0.15, 0.2) is 36.4 Å². The van der Waals surface area contributed by atoms with Gasteiger partial charge in [0.2, 0.25) is 5.91 Å². The summed E-state index contributed by atoms with van der Waals surface area (Å²) in [6.07, 6.45) is 1.79. The van der Waals surface area contributed by atoms with Crippen molar-refractivity contribution in [2.24, 2.45) is 5.41 Å². The van der Waals surface area contributed by atoms with Crippen LogP contribution < -0.4 is 0 Å². The zero-order chi connectivity index (χ0) is 14.5. The maximum Gasteiger partial charge on any atom is 0.246 e. The van der Waals surface area contributed by atoms with Gasteiger partial charge >= 0.3 is 0 Å². The van der Waals surface area contributed by atoms with Crippen molar-refractivity contribution in [3.63, 3.8) is 0 Å². The van der Waals surface area contributed by atoms with Crippen LogP contribution in [0.5, 0.6) is 0 Å².